The van der Waals surface area contributed by atoms with E-state index in [4.69, 9.17) is 15.3 Å². The smallest absolute Gasteiger partial charge is 0.351 e. The number of aliphatic hydroxyl groups is 1. The van der Waals surface area contributed by atoms with E-state index >= 15 is 0 Å². The molecule has 0 bridgehead atoms. The summed E-state index contributed by atoms with van der Waals surface area (Å²) in [6.07, 6.45) is 0.0434. The minimum absolute atomic E-state index is 0.0217. The second-order valence-electron chi connectivity index (χ2n) is 2.72. The molecule has 0 aliphatic carbocycles. The van der Waals surface area contributed by atoms with Crippen molar-refractivity contribution in [3.05, 3.63) is 11.8 Å². The summed E-state index contributed by atoms with van der Waals surface area (Å²) in [5.41, 5.74) is -0.272. The molecule has 4 N–H and O–H groups in total. The molecule has 72 valence electrons. The Hall–Kier alpha value is -1.56. The lowest BCUT2D eigenvalue weighted by atomic mass is 10.0. The van der Waals surface area contributed by atoms with E-state index in [2.05, 4.69) is 5.32 Å². The fraction of sp³-hybridized carbons (Fsp3) is 0.429. The zero-order valence-electron chi connectivity index (χ0n) is 6.60. The first-order valence-electron chi connectivity index (χ1n) is 3.63. The van der Waals surface area contributed by atoms with Gasteiger partial charge in [0.1, 0.15) is 11.7 Å². The lowest BCUT2D eigenvalue weighted by Gasteiger charge is -2.23. The molecule has 2 atom stereocenters. The predicted octanol–water partition coefficient (Wildman–Crippen LogP) is -1.24. The summed E-state index contributed by atoms with van der Waals surface area (Å²) in [5, 5.41) is 28.5. The van der Waals surface area contributed by atoms with Gasteiger partial charge in [-0.15, -0.1) is 0 Å². The van der Waals surface area contributed by atoms with Gasteiger partial charge in [-0.3, -0.25) is 0 Å². The van der Waals surface area contributed by atoms with Crippen molar-refractivity contribution in [2.24, 2.45) is 0 Å². The van der Waals surface area contributed by atoms with E-state index in [-0.39, 0.29) is 12.1 Å². The maximum absolute atomic E-state index is 10.5. The van der Waals surface area contributed by atoms with Crippen LogP contribution in [0.3, 0.4) is 0 Å². The molecule has 2 unspecified atom stereocenters. The summed E-state index contributed by atoms with van der Waals surface area (Å²) in [6, 6.07) is -1.04. The molecule has 1 rings (SSSR count). The van der Waals surface area contributed by atoms with Gasteiger partial charge >= 0.3 is 11.9 Å². The number of hydrogen-bond acceptors (Lipinski definition) is 4. The lowest BCUT2D eigenvalue weighted by molar-refractivity contribution is -0.140. The predicted molar refractivity (Wildman–Crippen MR) is 40.9 cm³/mol. The van der Waals surface area contributed by atoms with Crippen LogP contribution in [0.25, 0.3) is 0 Å². The van der Waals surface area contributed by atoms with Gasteiger partial charge in [-0.05, 0) is 6.08 Å². The van der Waals surface area contributed by atoms with Gasteiger partial charge in [0.05, 0.1) is 6.10 Å². The largest absolute Gasteiger partial charge is 0.480 e. The molecule has 13 heavy (non-hydrogen) atoms. The standard InChI is InChI=1S/C7H9NO5/c9-3-1-4(6(10)11)8-5(2-3)7(12)13/h1,3,5,8-9H,2H2,(H,10,11)(H,12,13). The number of carboxylic acids is 2. The minimum Gasteiger partial charge on any atom is -0.480 e. The number of carboxylic acid groups (broad SMARTS) is 2. The van der Waals surface area contributed by atoms with E-state index in [9.17, 15) is 9.59 Å². The van der Waals surface area contributed by atoms with Crippen molar-refractivity contribution >= 4 is 11.9 Å². The highest BCUT2D eigenvalue weighted by Gasteiger charge is 2.28. The van der Waals surface area contributed by atoms with Crippen LogP contribution in [0.1, 0.15) is 6.42 Å². The van der Waals surface area contributed by atoms with Crippen molar-refractivity contribution in [3.63, 3.8) is 0 Å². The SMILES string of the molecule is O=C(O)C1=CC(O)CC(C(=O)O)N1. The van der Waals surface area contributed by atoms with Crippen molar-refractivity contribution in [2.75, 3.05) is 0 Å². The van der Waals surface area contributed by atoms with Crippen LogP contribution in [0.2, 0.25) is 0 Å². The van der Waals surface area contributed by atoms with Crippen LogP contribution >= 0.6 is 0 Å². The molecule has 1 aliphatic heterocycles. The molecule has 0 spiro atoms. The first kappa shape index (κ1) is 9.53. The highest BCUT2D eigenvalue weighted by molar-refractivity contribution is 5.88. The van der Waals surface area contributed by atoms with E-state index in [1.807, 2.05) is 0 Å². The van der Waals surface area contributed by atoms with Crippen LogP contribution in [-0.4, -0.2) is 39.4 Å². The Morgan fingerprint density at radius 2 is 2.08 bits per heavy atom. The number of rotatable bonds is 2. The fourth-order valence-electron chi connectivity index (χ4n) is 1.09. The molecule has 1 heterocycles. The Balaban J connectivity index is 2.78. The van der Waals surface area contributed by atoms with Gasteiger partial charge in [0.2, 0.25) is 0 Å². The highest BCUT2D eigenvalue weighted by atomic mass is 16.4. The number of hydrogen-bond donors (Lipinski definition) is 4. The van der Waals surface area contributed by atoms with E-state index < -0.39 is 24.1 Å². The minimum atomic E-state index is -1.27. The van der Waals surface area contributed by atoms with Crippen molar-refractivity contribution in [2.45, 2.75) is 18.6 Å². The highest BCUT2D eigenvalue weighted by Crippen LogP contribution is 2.10. The third-order valence-corrected chi connectivity index (χ3v) is 1.69. The van der Waals surface area contributed by atoms with Gasteiger partial charge in [-0.25, -0.2) is 9.59 Å². The Morgan fingerprint density at radius 1 is 1.46 bits per heavy atom. The van der Waals surface area contributed by atoms with Crippen LogP contribution in [0.4, 0.5) is 0 Å². The van der Waals surface area contributed by atoms with E-state index in [0.717, 1.165) is 6.08 Å². The molecule has 0 aromatic carbocycles. The second kappa shape index (κ2) is 3.44. The van der Waals surface area contributed by atoms with Crippen molar-refractivity contribution in [1.29, 1.82) is 0 Å². The quantitative estimate of drug-likeness (QED) is 0.431. The normalized spacial score (nSPS) is 27.3. The van der Waals surface area contributed by atoms with Crippen LogP contribution in [-0.2, 0) is 9.59 Å². The van der Waals surface area contributed by atoms with Gasteiger partial charge in [0.25, 0.3) is 0 Å². The van der Waals surface area contributed by atoms with E-state index in [1.165, 1.54) is 0 Å². The third-order valence-electron chi connectivity index (χ3n) is 1.69. The summed E-state index contributed by atoms with van der Waals surface area (Å²) < 4.78 is 0. The summed E-state index contributed by atoms with van der Waals surface area (Å²) in [4.78, 5) is 20.9. The average Bonchev–Trinajstić information content (AvgIpc) is 2.03. The molecule has 1 aliphatic rings. The Morgan fingerprint density at radius 3 is 2.54 bits per heavy atom. The molecule has 0 saturated heterocycles. The average molecular weight is 187 g/mol. The molecule has 0 aromatic rings. The molecular weight excluding hydrogens is 178 g/mol. The summed E-state index contributed by atoms with van der Waals surface area (Å²) in [7, 11) is 0. The van der Waals surface area contributed by atoms with Crippen LogP contribution < -0.4 is 5.32 Å². The lowest BCUT2D eigenvalue weighted by Crippen LogP contribution is -2.44. The summed E-state index contributed by atoms with van der Waals surface area (Å²) >= 11 is 0. The molecule has 0 radical (unpaired) electrons. The molecule has 0 fully saturated rings. The van der Waals surface area contributed by atoms with Crippen molar-refractivity contribution in [3.8, 4) is 0 Å². The first-order chi connectivity index (χ1) is 6.00. The number of carbonyl (C=O) groups is 2. The molecule has 6 heteroatoms. The van der Waals surface area contributed by atoms with Crippen LogP contribution in [0.5, 0.6) is 0 Å². The van der Waals surface area contributed by atoms with Gasteiger partial charge in [0, 0.05) is 6.42 Å². The Bertz CT molecular complexity index is 272. The summed E-state index contributed by atoms with van der Waals surface area (Å²) in [6.45, 7) is 0. The molecular formula is C7H9NO5. The first-order valence-corrected chi connectivity index (χ1v) is 3.63. The fourth-order valence-corrected chi connectivity index (χ4v) is 1.09. The second-order valence-corrected chi connectivity index (χ2v) is 2.72. The molecule has 6 nitrogen and oxygen atoms in total. The number of aliphatic carboxylic acids is 2. The molecule has 0 saturated carbocycles. The monoisotopic (exact) mass is 187 g/mol. The maximum atomic E-state index is 10.5. The maximum Gasteiger partial charge on any atom is 0.351 e. The van der Waals surface area contributed by atoms with Gasteiger partial charge in [-0.2, -0.15) is 0 Å². The Labute approximate surface area is 73.5 Å². The molecule has 0 aromatic heterocycles. The van der Waals surface area contributed by atoms with Crippen molar-refractivity contribution < 1.29 is 24.9 Å². The molecule has 0 amide bonds. The zero-order chi connectivity index (χ0) is 10.0. The zero-order valence-corrected chi connectivity index (χ0v) is 6.60. The Kier molecular flexibility index (Phi) is 2.52. The third kappa shape index (κ3) is 2.19. The van der Waals surface area contributed by atoms with Crippen LogP contribution in [0.15, 0.2) is 11.8 Å². The summed E-state index contributed by atoms with van der Waals surface area (Å²) in [5.74, 6) is -2.45. The van der Waals surface area contributed by atoms with Gasteiger partial charge in [-0.1, -0.05) is 0 Å². The van der Waals surface area contributed by atoms with E-state index in [1.54, 1.807) is 0 Å². The van der Waals surface area contributed by atoms with Gasteiger partial charge in [0.15, 0.2) is 0 Å². The van der Waals surface area contributed by atoms with Crippen LogP contribution in [0, 0.1) is 0 Å². The van der Waals surface area contributed by atoms with Gasteiger partial charge < -0.3 is 20.6 Å². The van der Waals surface area contributed by atoms with E-state index in [0.29, 0.717) is 0 Å². The number of aliphatic hydroxyl groups excluding tert-OH is 1. The topological polar surface area (TPSA) is 107 Å². The number of nitrogens with one attached hydrogen (secondary N) is 1. The van der Waals surface area contributed by atoms with Crippen molar-refractivity contribution in [1.82, 2.24) is 5.32 Å².